The lowest BCUT2D eigenvalue weighted by Crippen LogP contribution is -2.50. The van der Waals surface area contributed by atoms with Crippen molar-refractivity contribution in [3.8, 4) is 5.75 Å². The third-order valence-corrected chi connectivity index (χ3v) is 3.38. The molecule has 0 bridgehead atoms. The van der Waals surface area contributed by atoms with Gasteiger partial charge in [-0.3, -0.25) is 4.79 Å². The molecule has 0 heterocycles. The molecule has 1 aromatic rings. The van der Waals surface area contributed by atoms with E-state index in [0.717, 1.165) is 25.7 Å². The highest BCUT2D eigenvalue weighted by Gasteiger charge is 2.34. The molecular formula is C14H19NO3. The van der Waals surface area contributed by atoms with E-state index in [4.69, 9.17) is 4.74 Å². The number of hydrogen-bond donors (Lipinski definition) is 2. The number of rotatable bonds is 5. The Morgan fingerprint density at radius 1 is 1.28 bits per heavy atom. The summed E-state index contributed by atoms with van der Waals surface area (Å²) in [6, 6.07) is 9.24. The monoisotopic (exact) mass is 249 g/mol. The van der Waals surface area contributed by atoms with E-state index in [9.17, 15) is 9.90 Å². The molecule has 0 unspecified atom stereocenters. The van der Waals surface area contributed by atoms with Gasteiger partial charge in [0, 0.05) is 0 Å². The van der Waals surface area contributed by atoms with E-state index in [1.54, 1.807) is 0 Å². The second kappa shape index (κ2) is 5.87. The van der Waals surface area contributed by atoms with Crippen molar-refractivity contribution in [2.45, 2.75) is 31.2 Å². The number of nitrogens with one attached hydrogen (secondary N) is 1. The number of aliphatic hydroxyl groups is 1. The first-order valence-corrected chi connectivity index (χ1v) is 6.34. The van der Waals surface area contributed by atoms with Crippen LogP contribution in [0.5, 0.6) is 5.75 Å². The van der Waals surface area contributed by atoms with Crippen molar-refractivity contribution in [1.29, 1.82) is 0 Å². The molecule has 0 aromatic heterocycles. The fourth-order valence-electron chi connectivity index (χ4n) is 2.37. The summed E-state index contributed by atoms with van der Waals surface area (Å²) in [5.74, 6) is 0.506. The standard InChI is InChI=1S/C14H19NO3/c16-11-14(8-4-5-9-14)15-13(17)10-18-12-6-2-1-3-7-12/h1-3,6-7,16H,4-5,8-11H2,(H,15,17). The number of carbonyl (C=O) groups is 1. The molecule has 98 valence electrons. The van der Waals surface area contributed by atoms with Crippen LogP contribution in [0.2, 0.25) is 0 Å². The maximum absolute atomic E-state index is 11.8. The summed E-state index contributed by atoms with van der Waals surface area (Å²) in [4.78, 5) is 11.8. The summed E-state index contributed by atoms with van der Waals surface area (Å²) in [7, 11) is 0. The minimum Gasteiger partial charge on any atom is -0.484 e. The predicted octanol–water partition coefficient (Wildman–Crippen LogP) is 1.49. The topological polar surface area (TPSA) is 58.6 Å². The maximum Gasteiger partial charge on any atom is 0.258 e. The molecule has 2 N–H and O–H groups in total. The molecule has 0 aliphatic heterocycles. The minimum absolute atomic E-state index is 0.00404. The lowest BCUT2D eigenvalue weighted by Gasteiger charge is -2.27. The molecular weight excluding hydrogens is 230 g/mol. The third kappa shape index (κ3) is 3.23. The molecule has 1 saturated carbocycles. The number of carbonyl (C=O) groups excluding carboxylic acids is 1. The van der Waals surface area contributed by atoms with Crippen LogP contribution in [0.1, 0.15) is 25.7 Å². The van der Waals surface area contributed by atoms with Gasteiger partial charge in [-0.1, -0.05) is 31.0 Å². The van der Waals surface area contributed by atoms with E-state index in [2.05, 4.69) is 5.32 Å². The van der Waals surface area contributed by atoms with Gasteiger partial charge >= 0.3 is 0 Å². The first-order valence-electron chi connectivity index (χ1n) is 6.34. The molecule has 0 radical (unpaired) electrons. The van der Waals surface area contributed by atoms with Crippen molar-refractivity contribution < 1.29 is 14.6 Å². The first kappa shape index (κ1) is 12.9. The van der Waals surface area contributed by atoms with Crippen molar-refractivity contribution >= 4 is 5.91 Å². The zero-order valence-electron chi connectivity index (χ0n) is 10.4. The SMILES string of the molecule is O=C(COc1ccccc1)NC1(CO)CCCC1. The first-order chi connectivity index (χ1) is 8.74. The normalized spacial score (nSPS) is 17.4. The summed E-state index contributed by atoms with van der Waals surface area (Å²) in [5.41, 5.74) is -0.420. The van der Waals surface area contributed by atoms with Gasteiger partial charge in [-0.05, 0) is 25.0 Å². The Morgan fingerprint density at radius 2 is 1.94 bits per heavy atom. The maximum atomic E-state index is 11.8. The molecule has 1 aliphatic rings. The van der Waals surface area contributed by atoms with Gasteiger partial charge in [-0.25, -0.2) is 0 Å². The number of ether oxygens (including phenoxy) is 1. The smallest absolute Gasteiger partial charge is 0.258 e. The van der Waals surface area contributed by atoms with Crippen molar-refractivity contribution in [3.05, 3.63) is 30.3 Å². The number of benzene rings is 1. The highest BCUT2D eigenvalue weighted by molar-refractivity contribution is 5.78. The van der Waals surface area contributed by atoms with Crippen LogP contribution in [0.4, 0.5) is 0 Å². The molecule has 1 aliphatic carbocycles. The van der Waals surface area contributed by atoms with Crippen molar-refractivity contribution in [3.63, 3.8) is 0 Å². The Balaban J connectivity index is 1.82. The Morgan fingerprint density at radius 3 is 2.56 bits per heavy atom. The second-order valence-corrected chi connectivity index (χ2v) is 4.80. The summed E-state index contributed by atoms with van der Waals surface area (Å²) in [6.07, 6.45) is 3.81. The summed E-state index contributed by atoms with van der Waals surface area (Å²) in [5, 5.41) is 12.3. The third-order valence-electron chi connectivity index (χ3n) is 3.38. The van der Waals surface area contributed by atoms with Crippen LogP contribution in [-0.4, -0.2) is 29.8 Å². The van der Waals surface area contributed by atoms with Crippen molar-refractivity contribution in [2.24, 2.45) is 0 Å². The second-order valence-electron chi connectivity index (χ2n) is 4.80. The lowest BCUT2D eigenvalue weighted by atomic mass is 9.99. The van der Waals surface area contributed by atoms with Crippen LogP contribution in [0.3, 0.4) is 0 Å². The highest BCUT2D eigenvalue weighted by atomic mass is 16.5. The molecule has 18 heavy (non-hydrogen) atoms. The molecule has 2 rings (SSSR count). The Kier molecular flexibility index (Phi) is 4.20. The number of para-hydroxylation sites is 1. The zero-order valence-corrected chi connectivity index (χ0v) is 10.4. The van der Waals surface area contributed by atoms with Crippen LogP contribution in [-0.2, 0) is 4.79 Å². The van der Waals surface area contributed by atoms with Gasteiger partial charge in [0.2, 0.25) is 0 Å². The molecule has 4 heteroatoms. The average molecular weight is 249 g/mol. The molecule has 0 saturated heterocycles. The van der Waals surface area contributed by atoms with E-state index in [0.29, 0.717) is 5.75 Å². The van der Waals surface area contributed by atoms with Crippen molar-refractivity contribution in [2.75, 3.05) is 13.2 Å². The van der Waals surface area contributed by atoms with Gasteiger partial charge < -0.3 is 15.2 Å². The molecule has 1 aromatic carbocycles. The largest absolute Gasteiger partial charge is 0.484 e. The van der Waals surface area contributed by atoms with Gasteiger partial charge in [0.05, 0.1) is 12.1 Å². The van der Waals surface area contributed by atoms with Crippen LogP contribution >= 0.6 is 0 Å². The Labute approximate surface area is 107 Å². The molecule has 4 nitrogen and oxygen atoms in total. The van der Waals surface area contributed by atoms with E-state index in [1.807, 2.05) is 30.3 Å². The van der Waals surface area contributed by atoms with E-state index in [-0.39, 0.29) is 19.1 Å². The van der Waals surface area contributed by atoms with Crippen LogP contribution in [0.15, 0.2) is 30.3 Å². The van der Waals surface area contributed by atoms with Crippen molar-refractivity contribution in [1.82, 2.24) is 5.32 Å². The molecule has 1 amide bonds. The van der Waals surface area contributed by atoms with E-state index in [1.165, 1.54) is 0 Å². The van der Waals surface area contributed by atoms with Crippen LogP contribution in [0, 0.1) is 0 Å². The number of hydrogen-bond acceptors (Lipinski definition) is 3. The quantitative estimate of drug-likeness (QED) is 0.831. The fraction of sp³-hybridized carbons (Fsp3) is 0.500. The van der Waals surface area contributed by atoms with Gasteiger partial charge in [0.1, 0.15) is 5.75 Å². The highest BCUT2D eigenvalue weighted by Crippen LogP contribution is 2.28. The summed E-state index contributed by atoms with van der Waals surface area (Å²) >= 11 is 0. The van der Waals surface area contributed by atoms with Crippen LogP contribution < -0.4 is 10.1 Å². The number of aliphatic hydroxyl groups excluding tert-OH is 1. The molecule has 1 fully saturated rings. The van der Waals surface area contributed by atoms with Gasteiger partial charge in [-0.2, -0.15) is 0 Å². The number of amides is 1. The minimum atomic E-state index is -0.420. The summed E-state index contributed by atoms with van der Waals surface area (Å²) < 4.78 is 5.37. The average Bonchev–Trinajstić information content (AvgIpc) is 2.87. The van der Waals surface area contributed by atoms with Gasteiger partial charge in [0.25, 0.3) is 5.91 Å². The van der Waals surface area contributed by atoms with E-state index >= 15 is 0 Å². The van der Waals surface area contributed by atoms with Gasteiger partial charge in [0.15, 0.2) is 6.61 Å². The molecule has 0 spiro atoms. The van der Waals surface area contributed by atoms with Gasteiger partial charge in [-0.15, -0.1) is 0 Å². The zero-order chi connectivity index (χ0) is 12.8. The Bertz CT molecular complexity index is 385. The van der Waals surface area contributed by atoms with Crippen LogP contribution in [0.25, 0.3) is 0 Å². The predicted molar refractivity (Wildman–Crippen MR) is 68.4 cm³/mol. The lowest BCUT2D eigenvalue weighted by molar-refractivity contribution is -0.125. The molecule has 0 atom stereocenters. The fourth-order valence-corrected chi connectivity index (χ4v) is 2.37. The summed E-state index contributed by atoms with van der Waals surface area (Å²) in [6.45, 7) is -0.00413. The van der Waals surface area contributed by atoms with E-state index < -0.39 is 5.54 Å². The Hall–Kier alpha value is -1.55.